The van der Waals surface area contributed by atoms with Gasteiger partial charge in [0.2, 0.25) is 5.91 Å². The van der Waals surface area contributed by atoms with E-state index in [1.807, 2.05) is 35.2 Å². The summed E-state index contributed by atoms with van der Waals surface area (Å²) in [5.74, 6) is 1.11. The third kappa shape index (κ3) is 3.77. The summed E-state index contributed by atoms with van der Waals surface area (Å²) in [7, 11) is 1.68. The Kier molecular flexibility index (Phi) is 5.16. The second kappa shape index (κ2) is 7.49. The topological polar surface area (TPSA) is 41.6 Å². The van der Waals surface area contributed by atoms with Crippen molar-refractivity contribution in [1.29, 1.82) is 0 Å². The maximum atomic E-state index is 11.8. The van der Waals surface area contributed by atoms with Gasteiger partial charge in [0, 0.05) is 31.2 Å². The second-order valence-electron chi connectivity index (χ2n) is 6.19. The lowest BCUT2D eigenvalue weighted by molar-refractivity contribution is -0.117. The van der Waals surface area contributed by atoms with Crippen LogP contribution in [0.25, 0.3) is 0 Å². The van der Waals surface area contributed by atoms with Crippen LogP contribution in [0.15, 0.2) is 48.5 Å². The van der Waals surface area contributed by atoms with Crippen LogP contribution >= 0.6 is 0 Å². The van der Waals surface area contributed by atoms with Crippen molar-refractivity contribution in [2.24, 2.45) is 0 Å². The number of benzene rings is 2. The number of amides is 1. The minimum atomic E-state index is 0.229. The smallest absolute Gasteiger partial charge is 0.227 e. The maximum Gasteiger partial charge on any atom is 0.227 e. The van der Waals surface area contributed by atoms with Crippen LogP contribution in [-0.4, -0.2) is 19.6 Å². The Hall–Kier alpha value is -2.33. The SMILES string of the molecule is COc1cccc(CN[C@H](C)c2ccc(N3CCCC3=O)cc2)c1. The average molecular weight is 324 g/mol. The largest absolute Gasteiger partial charge is 0.497 e. The molecule has 1 N–H and O–H groups in total. The van der Waals surface area contributed by atoms with E-state index in [0.717, 1.165) is 30.9 Å². The molecule has 0 saturated carbocycles. The van der Waals surface area contributed by atoms with Crippen molar-refractivity contribution in [3.05, 3.63) is 59.7 Å². The van der Waals surface area contributed by atoms with Gasteiger partial charge in [0.25, 0.3) is 0 Å². The Labute approximate surface area is 143 Å². The summed E-state index contributed by atoms with van der Waals surface area (Å²) in [5.41, 5.74) is 3.41. The molecule has 2 aromatic rings. The number of nitrogens with zero attached hydrogens (tertiary/aromatic N) is 1. The van der Waals surface area contributed by atoms with Gasteiger partial charge in [0.15, 0.2) is 0 Å². The molecule has 1 saturated heterocycles. The molecule has 0 unspecified atom stereocenters. The van der Waals surface area contributed by atoms with Crippen LogP contribution in [0.1, 0.15) is 36.9 Å². The number of carbonyl (C=O) groups is 1. The lowest BCUT2D eigenvalue weighted by atomic mass is 10.1. The fourth-order valence-corrected chi connectivity index (χ4v) is 3.04. The molecule has 1 amide bonds. The van der Waals surface area contributed by atoms with E-state index in [9.17, 15) is 4.79 Å². The number of hydrogen-bond donors (Lipinski definition) is 1. The van der Waals surface area contributed by atoms with Crippen molar-refractivity contribution in [2.75, 3.05) is 18.6 Å². The maximum absolute atomic E-state index is 11.8. The first-order valence-corrected chi connectivity index (χ1v) is 8.44. The molecule has 1 fully saturated rings. The highest BCUT2D eigenvalue weighted by Crippen LogP contribution is 2.23. The fourth-order valence-electron chi connectivity index (χ4n) is 3.04. The molecule has 0 spiro atoms. The Bertz CT molecular complexity index is 697. The highest BCUT2D eigenvalue weighted by Gasteiger charge is 2.21. The lowest BCUT2D eigenvalue weighted by Crippen LogP contribution is -2.23. The lowest BCUT2D eigenvalue weighted by Gasteiger charge is -2.18. The van der Waals surface area contributed by atoms with E-state index in [2.05, 4.69) is 30.4 Å². The van der Waals surface area contributed by atoms with E-state index in [-0.39, 0.29) is 11.9 Å². The molecule has 0 aromatic heterocycles. The summed E-state index contributed by atoms with van der Waals surface area (Å²) >= 11 is 0. The van der Waals surface area contributed by atoms with E-state index in [4.69, 9.17) is 4.74 Å². The van der Waals surface area contributed by atoms with Crippen LogP contribution < -0.4 is 15.0 Å². The van der Waals surface area contributed by atoms with Gasteiger partial charge < -0.3 is 15.0 Å². The van der Waals surface area contributed by atoms with Crippen molar-refractivity contribution >= 4 is 11.6 Å². The minimum absolute atomic E-state index is 0.229. The summed E-state index contributed by atoms with van der Waals surface area (Å²) in [4.78, 5) is 13.7. The monoisotopic (exact) mass is 324 g/mol. The van der Waals surface area contributed by atoms with Crippen molar-refractivity contribution in [2.45, 2.75) is 32.4 Å². The molecular weight excluding hydrogens is 300 g/mol. The van der Waals surface area contributed by atoms with Gasteiger partial charge in [-0.05, 0) is 48.7 Å². The van der Waals surface area contributed by atoms with Crippen molar-refractivity contribution in [3.63, 3.8) is 0 Å². The molecule has 0 bridgehead atoms. The zero-order valence-electron chi connectivity index (χ0n) is 14.3. The van der Waals surface area contributed by atoms with Gasteiger partial charge >= 0.3 is 0 Å². The van der Waals surface area contributed by atoms with Crippen LogP contribution in [0.5, 0.6) is 5.75 Å². The average Bonchev–Trinajstić information content (AvgIpc) is 3.06. The molecular formula is C20H24N2O2. The molecule has 1 aliphatic rings. The van der Waals surface area contributed by atoms with E-state index >= 15 is 0 Å². The Morgan fingerprint density at radius 1 is 1.21 bits per heavy atom. The number of nitrogens with one attached hydrogen (secondary N) is 1. The molecule has 3 rings (SSSR count). The number of hydrogen-bond acceptors (Lipinski definition) is 3. The molecule has 4 heteroatoms. The summed E-state index contributed by atoms with van der Waals surface area (Å²) in [6.07, 6.45) is 1.62. The van der Waals surface area contributed by atoms with Crippen LogP contribution in [0.4, 0.5) is 5.69 Å². The van der Waals surface area contributed by atoms with Crippen LogP contribution in [0, 0.1) is 0 Å². The summed E-state index contributed by atoms with van der Waals surface area (Å²) in [6.45, 7) is 3.77. The quantitative estimate of drug-likeness (QED) is 0.881. The van der Waals surface area contributed by atoms with Crippen LogP contribution in [-0.2, 0) is 11.3 Å². The van der Waals surface area contributed by atoms with Crippen LogP contribution in [0.2, 0.25) is 0 Å². The van der Waals surface area contributed by atoms with Gasteiger partial charge in [0.05, 0.1) is 7.11 Å². The zero-order chi connectivity index (χ0) is 16.9. The Morgan fingerprint density at radius 3 is 2.67 bits per heavy atom. The number of anilines is 1. The predicted molar refractivity (Wildman–Crippen MR) is 96.3 cm³/mol. The van der Waals surface area contributed by atoms with E-state index < -0.39 is 0 Å². The number of methoxy groups -OCH3 is 1. The van der Waals surface area contributed by atoms with Crippen LogP contribution in [0.3, 0.4) is 0 Å². The molecule has 126 valence electrons. The zero-order valence-corrected chi connectivity index (χ0v) is 14.3. The highest BCUT2D eigenvalue weighted by molar-refractivity contribution is 5.95. The predicted octanol–water partition coefficient (Wildman–Crippen LogP) is 3.67. The van der Waals surface area contributed by atoms with Gasteiger partial charge in [-0.15, -0.1) is 0 Å². The molecule has 1 atom stereocenters. The van der Waals surface area contributed by atoms with Crippen molar-refractivity contribution in [3.8, 4) is 5.75 Å². The Balaban J connectivity index is 1.60. The fraction of sp³-hybridized carbons (Fsp3) is 0.350. The standard InChI is InChI=1S/C20H24N2O2/c1-15(21-14-16-5-3-6-19(13-16)24-2)17-8-10-18(11-9-17)22-12-4-7-20(22)23/h3,5-6,8-11,13,15,21H,4,7,12,14H2,1-2H3/t15-/m1/s1. The number of carbonyl (C=O) groups excluding carboxylic acids is 1. The molecule has 0 radical (unpaired) electrons. The highest BCUT2D eigenvalue weighted by atomic mass is 16.5. The van der Waals surface area contributed by atoms with Gasteiger partial charge in [-0.3, -0.25) is 4.79 Å². The van der Waals surface area contributed by atoms with E-state index in [1.54, 1.807) is 7.11 Å². The third-order valence-electron chi connectivity index (χ3n) is 4.52. The van der Waals surface area contributed by atoms with Crippen molar-refractivity contribution in [1.82, 2.24) is 5.32 Å². The second-order valence-corrected chi connectivity index (χ2v) is 6.19. The first-order chi connectivity index (χ1) is 11.7. The van der Waals surface area contributed by atoms with Crippen molar-refractivity contribution < 1.29 is 9.53 Å². The van der Waals surface area contributed by atoms with Gasteiger partial charge in [-0.2, -0.15) is 0 Å². The van der Waals surface area contributed by atoms with Gasteiger partial charge in [0.1, 0.15) is 5.75 Å². The third-order valence-corrected chi connectivity index (χ3v) is 4.52. The summed E-state index contributed by atoms with van der Waals surface area (Å²) in [5, 5.41) is 3.53. The molecule has 4 nitrogen and oxygen atoms in total. The van der Waals surface area contributed by atoms with Gasteiger partial charge in [-0.25, -0.2) is 0 Å². The summed E-state index contributed by atoms with van der Waals surface area (Å²) < 4.78 is 5.26. The van der Waals surface area contributed by atoms with E-state index in [0.29, 0.717) is 6.42 Å². The van der Waals surface area contributed by atoms with E-state index in [1.165, 1.54) is 11.1 Å². The molecule has 24 heavy (non-hydrogen) atoms. The minimum Gasteiger partial charge on any atom is -0.497 e. The molecule has 1 aliphatic heterocycles. The molecule has 1 heterocycles. The number of ether oxygens (including phenoxy) is 1. The first kappa shape index (κ1) is 16.5. The number of rotatable bonds is 6. The normalized spacial score (nSPS) is 15.6. The Morgan fingerprint density at radius 2 is 2.00 bits per heavy atom. The molecule has 2 aromatic carbocycles. The summed E-state index contributed by atoms with van der Waals surface area (Å²) in [6, 6.07) is 16.6. The van der Waals surface area contributed by atoms with Gasteiger partial charge in [-0.1, -0.05) is 24.3 Å². The molecule has 0 aliphatic carbocycles. The first-order valence-electron chi connectivity index (χ1n) is 8.44.